The molecule has 0 radical (unpaired) electrons. The van der Waals surface area contributed by atoms with E-state index in [0.29, 0.717) is 5.02 Å². The standard InChI is InChI=1S/C28H37ClN2O2/c1-22-7-5-18-31(21-22)19-6-20-33-26-14-12-25(13-15-26)30-27(32)28(16-3-2-4-17-28)23-8-10-24(29)11-9-23/h8-15,22H,2-7,16-21H2,1H3,(H,30,32)/t22-/m0/s1. The summed E-state index contributed by atoms with van der Waals surface area (Å²) < 4.78 is 5.95. The second-order valence-electron chi connectivity index (χ2n) is 9.88. The highest BCUT2D eigenvalue weighted by Gasteiger charge is 2.41. The number of benzene rings is 2. The Labute approximate surface area is 203 Å². The quantitative estimate of drug-likeness (QED) is 0.439. The number of anilines is 1. The van der Waals surface area contributed by atoms with Gasteiger partial charge >= 0.3 is 0 Å². The molecule has 33 heavy (non-hydrogen) atoms. The molecule has 0 aromatic heterocycles. The van der Waals surface area contributed by atoms with Crippen LogP contribution in [-0.4, -0.2) is 37.0 Å². The summed E-state index contributed by atoms with van der Waals surface area (Å²) >= 11 is 6.10. The predicted molar refractivity (Wildman–Crippen MR) is 136 cm³/mol. The van der Waals surface area contributed by atoms with Crippen molar-refractivity contribution in [2.75, 3.05) is 31.6 Å². The first kappa shape index (κ1) is 24.1. The average molecular weight is 469 g/mol. The number of hydrogen-bond acceptors (Lipinski definition) is 3. The zero-order valence-corrected chi connectivity index (χ0v) is 20.6. The predicted octanol–water partition coefficient (Wildman–Crippen LogP) is 6.68. The van der Waals surface area contributed by atoms with Crippen LogP contribution in [0.3, 0.4) is 0 Å². The number of piperidine rings is 1. The zero-order chi connectivity index (χ0) is 23.1. The number of hydrogen-bond donors (Lipinski definition) is 1. The van der Waals surface area contributed by atoms with Crippen LogP contribution in [0.4, 0.5) is 5.69 Å². The van der Waals surface area contributed by atoms with Gasteiger partial charge in [0.1, 0.15) is 5.75 Å². The lowest BCUT2D eigenvalue weighted by Crippen LogP contribution is -2.42. The Kier molecular flexibility index (Phi) is 8.32. The minimum absolute atomic E-state index is 0.0777. The third-order valence-electron chi connectivity index (χ3n) is 7.28. The molecule has 1 aliphatic heterocycles. The molecular formula is C28H37ClN2O2. The molecule has 178 valence electrons. The Morgan fingerprint density at radius 2 is 1.79 bits per heavy atom. The third kappa shape index (κ3) is 6.30. The van der Waals surface area contributed by atoms with Gasteiger partial charge < -0.3 is 15.0 Å². The van der Waals surface area contributed by atoms with E-state index >= 15 is 0 Å². The Morgan fingerprint density at radius 1 is 1.06 bits per heavy atom. The number of likely N-dealkylation sites (tertiary alicyclic amines) is 1. The fourth-order valence-corrected chi connectivity index (χ4v) is 5.55. The van der Waals surface area contributed by atoms with Crippen molar-refractivity contribution in [2.24, 2.45) is 5.92 Å². The summed E-state index contributed by atoms with van der Waals surface area (Å²) in [6.07, 6.45) is 8.78. The zero-order valence-electron chi connectivity index (χ0n) is 19.8. The molecular weight excluding hydrogens is 432 g/mol. The van der Waals surface area contributed by atoms with Gasteiger partial charge in [0, 0.05) is 23.8 Å². The molecule has 2 aromatic rings. The second kappa shape index (κ2) is 11.4. The van der Waals surface area contributed by atoms with Crippen LogP contribution in [0.5, 0.6) is 5.75 Å². The average Bonchev–Trinajstić information content (AvgIpc) is 2.84. The number of carbonyl (C=O) groups excluding carboxylic acids is 1. The smallest absolute Gasteiger partial charge is 0.235 e. The Bertz CT molecular complexity index is 891. The van der Waals surface area contributed by atoms with Crippen LogP contribution in [0, 0.1) is 5.92 Å². The summed E-state index contributed by atoms with van der Waals surface area (Å²) in [6.45, 7) is 6.60. The van der Waals surface area contributed by atoms with Crippen LogP contribution < -0.4 is 10.1 Å². The Balaban J connectivity index is 1.31. The van der Waals surface area contributed by atoms with E-state index < -0.39 is 5.41 Å². The molecule has 0 bridgehead atoms. The maximum atomic E-state index is 13.5. The molecule has 1 N–H and O–H groups in total. The minimum atomic E-state index is -0.482. The van der Waals surface area contributed by atoms with Crippen LogP contribution in [0.15, 0.2) is 48.5 Å². The highest BCUT2D eigenvalue weighted by molar-refractivity contribution is 6.30. The number of amides is 1. The molecule has 4 nitrogen and oxygen atoms in total. The largest absolute Gasteiger partial charge is 0.494 e. The first-order valence-electron chi connectivity index (χ1n) is 12.6. The molecule has 1 aliphatic carbocycles. The lowest BCUT2D eigenvalue weighted by molar-refractivity contribution is -0.122. The number of carbonyl (C=O) groups is 1. The van der Waals surface area contributed by atoms with Gasteiger partial charge in [0.2, 0.25) is 5.91 Å². The minimum Gasteiger partial charge on any atom is -0.494 e. The number of nitrogens with one attached hydrogen (secondary N) is 1. The number of rotatable bonds is 8. The van der Waals surface area contributed by atoms with Crippen LogP contribution in [0.2, 0.25) is 5.02 Å². The van der Waals surface area contributed by atoms with Crippen LogP contribution in [-0.2, 0) is 10.2 Å². The van der Waals surface area contributed by atoms with E-state index in [1.807, 2.05) is 48.5 Å². The van der Waals surface area contributed by atoms with Crippen LogP contribution in [0.25, 0.3) is 0 Å². The van der Waals surface area contributed by atoms with Gasteiger partial charge in [-0.05, 0) is 86.5 Å². The Morgan fingerprint density at radius 3 is 2.48 bits per heavy atom. The topological polar surface area (TPSA) is 41.6 Å². The molecule has 0 unspecified atom stereocenters. The molecule has 2 aliphatic rings. The molecule has 4 rings (SSSR count). The number of nitrogens with zero attached hydrogens (tertiary/aromatic N) is 1. The van der Waals surface area contributed by atoms with Gasteiger partial charge in [-0.2, -0.15) is 0 Å². The van der Waals surface area contributed by atoms with Gasteiger partial charge in [-0.3, -0.25) is 4.79 Å². The normalized spacial score (nSPS) is 20.8. The SMILES string of the molecule is C[C@H]1CCCN(CCCOc2ccc(NC(=O)C3(c4ccc(Cl)cc4)CCCCC3)cc2)C1. The van der Waals surface area contributed by atoms with Gasteiger partial charge in [0.05, 0.1) is 12.0 Å². The van der Waals surface area contributed by atoms with Crippen LogP contribution >= 0.6 is 11.6 Å². The third-order valence-corrected chi connectivity index (χ3v) is 7.53. The first-order valence-corrected chi connectivity index (χ1v) is 13.0. The number of halogens is 1. The monoisotopic (exact) mass is 468 g/mol. The van der Waals surface area contributed by atoms with E-state index in [0.717, 1.165) is 68.2 Å². The molecule has 5 heteroatoms. The molecule has 1 saturated heterocycles. The maximum absolute atomic E-state index is 13.5. The fourth-order valence-electron chi connectivity index (χ4n) is 5.42. The molecule has 1 amide bonds. The van der Waals surface area contributed by atoms with E-state index in [2.05, 4.69) is 17.1 Å². The molecule has 2 fully saturated rings. The van der Waals surface area contributed by atoms with Crippen molar-refractivity contribution in [2.45, 2.75) is 63.7 Å². The van der Waals surface area contributed by atoms with Crippen molar-refractivity contribution in [3.63, 3.8) is 0 Å². The molecule has 1 atom stereocenters. The van der Waals surface area contributed by atoms with E-state index in [1.54, 1.807) is 0 Å². The van der Waals surface area contributed by atoms with E-state index in [9.17, 15) is 4.79 Å². The van der Waals surface area contributed by atoms with Crippen molar-refractivity contribution < 1.29 is 9.53 Å². The lowest BCUT2D eigenvalue weighted by atomic mass is 9.68. The molecule has 0 spiro atoms. The van der Waals surface area contributed by atoms with Crippen molar-refractivity contribution >= 4 is 23.2 Å². The van der Waals surface area contributed by atoms with E-state index in [1.165, 1.54) is 32.4 Å². The second-order valence-corrected chi connectivity index (χ2v) is 10.3. The van der Waals surface area contributed by atoms with Gasteiger partial charge in [0.25, 0.3) is 0 Å². The fraction of sp³-hybridized carbons (Fsp3) is 0.536. The summed E-state index contributed by atoms with van der Waals surface area (Å²) in [5.41, 5.74) is 1.39. The van der Waals surface area contributed by atoms with Crippen molar-refractivity contribution in [3.8, 4) is 5.75 Å². The lowest BCUT2D eigenvalue weighted by Gasteiger charge is -2.36. The van der Waals surface area contributed by atoms with E-state index in [4.69, 9.17) is 16.3 Å². The summed E-state index contributed by atoms with van der Waals surface area (Å²) in [5, 5.41) is 3.87. The summed E-state index contributed by atoms with van der Waals surface area (Å²) in [5.74, 6) is 1.74. The highest BCUT2D eigenvalue weighted by atomic mass is 35.5. The first-order chi connectivity index (χ1) is 16.0. The maximum Gasteiger partial charge on any atom is 0.235 e. The van der Waals surface area contributed by atoms with Gasteiger partial charge in [-0.15, -0.1) is 0 Å². The molecule has 1 heterocycles. The summed E-state index contributed by atoms with van der Waals surface area (Å²) in [6, 6.07) is 15.6. The Hall–Kier alpha value is -2.04. The van der Waals surface area contributed by atoms with Gasteiger partial charge in [0.15, 0.2) is 0 Å². The number of ether oxygens (including phenoxy) is 1. The van der Waals surface area contributed by atoms with Crippen molar-refractivity contribution in [1.29, 1.82) is 0 Å². The van der Waals surface area contributed by atoms with Crippen LogP contribution in [0.1, 0.15) is 63.9 Å². The van der Waals surface area contributed by atoms with E-state index in [-0.39, 0.29) is 5.91 Å². The van der Waals surface area contributed by atoms with Gasteiger partial charge in [-0.1, -0.05) is 49.9 Å². The summed E-state index contributed by atoms with van der Waals surface area (Å²) in [7, 11) is 0. The molecule has 1 saturated carbocycles. The highest BCUT2D eigenvalue weighted by Crippen LogP contribution is 2.41. The summed E-state index contributed by atoms with van der Waals surface area (Å²) in [4.78, 5) is 16.0. The van der Waals surface area contributed by atoms with Crippen molar-refractivity contribution in [3.05, 3.63) is 59.1 Å². The van der Waals surface area contributed by atoms with Crippen molar-refractivity contribution in [1.82, 2.24) is 4.90 Å². The van der Waals surface area contributed by atoms with Gasteiger partial charge in [-0.25, -0.2) is 0 Å². The molecule has 2 aromatic carbocycles.